The second-order valence-corrected chi connectivity index (χ2v) is 9.17. The molecule has 0 spiro atoms. The van der Waals surface area contributed by atoms with Crippen molar-refractivity contribution in [2.75, 3.05) is 51.6 Å². The standard InChI is InChI=1S/C24H26N8O3S/c1-30(2)12-13-31(3)19-15-21(35-4)18(14-20(19)32(33)34)27-24-25-11-10-17(26-24)23-29-28-22(36-23)16-8-6-5-7-9-16/h5-11,14-15H,12-13H2,1-4H3,(H,25,26,27). The highest BCUT2D eigenvalue weighted by Gasteiger charge is 2.22. The maximum Gasteiger partial charge on any atom is 0.294 e. The highest BCUT2D eigenvalue weighted by Crippen LogP contribution is 2.39. The summed E-state index contributed by atoms with van der Waals surface area (Å²) in [4.78, 5) is 24.1. The predicted octanol–water partition coefficient (Wildman–Crippen LogP) is 4.32. The first-order chi connectivity index (χ1) is 17.4. The summed E-state index contributed by atoms with van der Waals surface area (Å²) in [5.74, 6) is 0.689. The topological polar surface area (TPSA) is 122 Å². The van der Waals surface area contributed by atoms with E-state index in [1.165, 1.54) is 24.5 Å². The van der Waals surface area contributed by atoms with Crippen molar-refractivity contribution in [2.45, 2.75) is 0 Å². The van der Waals surface area contributed by atoms with E-state index < -0.39 is 4.92 Å². The molecule has 2 heterocycles. The molecule has 0 radical (unpaired) electrons. The van der Waals surface area contributed by atoms with Crippen LogP contribution < -0.4 is 15.0 Å². The van der Waals surface area contributed by atoms with Gasteiger partial charge in [0.25, 0.3) is 5.69 Å². The van der Waals surface area contributed by atoms with Gasteiger partial charge in [0.15, 0.2) is 5.01 Å². The van der Waals surface area contributed by atoms with Crippen molar-refractivity contribution < 1.29 is 9.66 Å². The highest BCUT2D eigenvalue weighted by molar-refractivity contribution is 7.17. The fraction of sp³-hybridized carbons (Fsp3) is 0.250. The molecular formula is C24H26N8O3S. The molecule has 1 N–H and O–H groups in total. The fourth-order valence-corrected chi connectivity index (χ4v) is 4.25. The van der Waals surface area contributed by atoms with E-state index in [2.05, 4.69) is 25.5 Å². The lowest BCUT2D eigenvalue weighted by atomic mass is 10.2. The average molecular weight is 507 g/mol. The normalized spacial score (nSPS) is 10.9. The van der Waals surface area contributed by atoms with Gasteiger partial charge in [-0.05, 0) is 20.2 Å². The number of hydrogen-bond donors (Lipinski definition) is 1. The molecule has 12 heteroatoms. The van der Waals surface area contributed by atoms with Crippen molar-refractivity contribution in [1.82, 2.24) is 25.1 Å². The minimum absolute atomic E-state index is 0.0488. The monoisotopic (exact) mass is 506 g/mol. The van der Waals surface area contributed by atoms with Gasteiger partial charge in [0, 0.05) is 44.0 Å². The number of nitrogens with zero attached hydrogens (tertiary/aromatic N) is 7. The van der Waals surface area contributed by atoms with Crippen LogP contribution in [0.25, 0.3) is 21.3 Å². The number of methoxy groups -OCH3 is 1. The van der Waals surface area contributed by atoms with Gasteiger partial charge in [-0.15, -0.1) is 10.2 Å². The first-order valence-corrected chi connectivity index (χ1v) is 11.9. The SMILES string of the molecule is COc1cc(N(C)CCN(C)C)c([N+](=O)[O-])cc1Nc1nccc(-c2nnc(-c3ccccc3)s2)n1. The summed E-state index contributed by atoms with van der Waals surface area (Å²) in [6, 6.07) is 14.6. The number of likely N-dealkylation sites (N-methyl/N-ethyl adjacent to an activating group) is 2. The van der Waals surface area contributed by atoms with E-state index in [1.807, 2.05) is 61.3 Å². The Bertz CT molecular complexity index is 1350. The molecule has 0 unspecified atom stereocenters. The van der Waals surface area contributed by atoms with E-state index in [-0.39, 0.29) is 11.6 Å². The first-order valence-electron chi connectivity index (χ1n) is 11.1. The van der Waals surface area contributed by atoms with Gasteiger partial charge in [0.1, 0.15) is 22.1 Å². The Morgan fingerprint density at radius 2 is 1.81 bits per heavy atom. The molecule has 4 rings (SSSR count). The predicted molar refractivity (Wildman–Crippen MR) is 141 cm³/mol. The molecule has 0 bridgehead atoms. The number of nitro benzene ring substituents is 1. The van der Waals surface area contributed by atoms with Crippen LogP contribution in [0.15, 0.2) is 54.7 Å². The largest absolute Gasteiger partial charge is 0.494 e. The quantitative estimate of drug-likeness (QED) is 0.246. The van der Waals surface area contributed by atoms with Gasteiger partial charge in [0.05, 0.1) is 17.7 Å². The Kier molecular flexibility index (Phi) is 7.66. The second kappa shape index (κ2) is 11.1. The van der Waals surface area contributed by atoms with Crippen LogP contribution in [-0.2, 0) is 0 Å². The number of aromatic nitrogens is 4. The molecule has 0 saturated carbocycles. The number of ether oxygens (including phenoxy) is 1. The maximum absolute atomic E-state index is 11.9. The van der Waals surface area contributed by atoms with Gasteiger partial charge in [0.2, 0.25) is 5.95 Å². The van der Waals surface area contributed by atoms with Crippen LogP contribution in [-0.4, -0.2) is 71.3 Å². The molecule has 4 aromatic rings. The average Bonchev–Trinajstić information content (AvgIpc) is 3.38. The van der Waals surface area contributed by atoms with E-state index >= 15 is 0 Å². The second-order valence-electron chi connectivity index (χ2n) is 8.19. The van der Waals surface area contributed by atoms with Gasteiger partial charge in [-0.25, -0.2) is 9.97 Å². The fourth-order valence-electron chi connectivity index (χ4n) is 3.43. The third kappa shape index (κ3) is 5.73. The van der Waals surface area contributed by atoms with Crippen molar-refractivity contribution in [3.63, 3.8) is 0 Å². The van der Waals surface area contributed by atoms with Gasteiger partial charge in [-0.2, -0.15) is 0 Å². The van der Waals surface area contributed by atoms with Gasteiger partial charge in [-0.1, -0.05) is 41.7 Å². The summed E-state index contributed by atoms with van der Waals surface area (Å²) < 4.78 is 5.54. The van der Waals surface area contributed by atoms with E-state index in [1.54, 1.807) is 18.3 Å². The zero-order chi connectivity index (χ0) is 25.7. The van der Waals surface area contributed by atoms with E-state index in [0.29, 0.717) is 34.4 Å². The molecule has 11 nitrogen and oxygen atoms in total. The summed E-state index contributed by atoms with van der Waals surface area (Å²) in [6.07, 6.45) is 1.60. The first kappa shape index (κ1) is 24.9. The molecule has 2 aromatic carbocycles. The van der Waals surface area contributed by atoms with Gasteiger partial charge in [-0.3, -0.25) is 10.1 Å². The van der Waals surface area contributed by atoms with Crippen molar-refractivity contribution in [3.05, 3.63) is 64.8 Å². The van der Waals surface area contributed by atoms with Crippen LogP contribution in [0.1, 0.15) is 0 Å². The molecular weight excluding hydrogens is 480 g/mol. The molecule has 36 heavy (non-hydrogen) atoms. The molecule has 0 amide bonds. The van der Waals surface area contributed by atoms with Crippen molar-refractivity contribution in [1.29, 1.82) is 0 Å². The lowest BCUT2D eigenvalue weighted by molar-refractivity contribution is -0.384. The number of benzene rings is 2. The summed E-state index contributed by atoms with van der Waals surface area (Å²) in [6.45, 7) is 1.36. The smallest absolute Gasteiger partial charge is 0.294 e. The zero-order valence-electron chi connectivity index (χ0n) is 20.4. The van der Waals surface area contributed by atoms with Crippen LogP contribution in [0.5, 0.6) is 5.75 Å². The van der Waals surface area contributed by atoms with Crippen LogP contribution in [0, 0.1) is 10.1 Å². The van der Waals surface area contributed by atoms with Crippen molar-refractivity contribution >= 4 is 34.3 Å². The third-order valence-corrected chi connectivity index (χ3v) is 6.35. The number of anilines is 3. The van der Waals surface area contributed by atoms with E-state index in [4.69, 9.17) is 4.74 Å². The summed E-state index contributed by atoms with van der Waals surface area (Å²) in [7, 11) is 7.23. The number of nitro groups is 1. The van der Waals surface area contributed by atoms with Crippen molar-refractivity contribution in [2.24, 2.45) is 0 Å². The Balaban J connectivity index is 1.62. The molecule has 2 aromatic heterocycles. The van der Waals surface area contributed by atoms with E-state index in [9.17, 15) is 10.1 Å². The number of hydrogen-bond acceptors (Lipinski definition) is 11. The minimum Gasteiger partial charge on any atom is -0.494 e. The molecule has 0 aliphatic carbocycles. The van der Waals surface area contributed by atoms with Crippen LogP contribution in [0.2, 0.25) is 0 Å². The lowest BCUT2D eigenvalue weighted by Crippen LogP contribution is -2.28. The maximum atomic E-state index is 11.9. The van der Waals surface area contributed by atoms with Crippen LogP contribution >= 0.6 is 11.3 Å². The van der Waals surface area contributed by atoms with E-state index in [0.717, 1.165) is 17.1 Å². The molecule has 186 valence electrons. The highest BCUT2D eigenvalue weighted by atomic mass is 32.1. The Morgan fingerprint density at radius 1 is 1.06 bits per heavy atom. The third-order valence-electron chi connectivity index (χ3n) is 5.35. The molecule has 0 aliphatic rings. The summed E-state index contributed by atoms with van der Waals surface area (Å²) in [5.41, 5.74) is 2.35. The number of rotatable bonds is 10. The summed E-state index contributed by atoms with van der Waals surface area (Å²) in [5, 5.41) is 24.9. The molecule has 0 atom stereocenters. The lowest BCUT2D eigenvalue weighted by Gasteiger charge is -2.22. The van der Waals surface area contributed by atoms with Crippen LogP contribution in [0.4, 0.5) is 23.0 Å². The van der Waals surface area contributed by atoms with Crippen molar-refractivity contribution in [3.8, 4) is 27.0 Å². The van der Waals surface area contributed by atoms with Gasteiger partial charge >= 0.3 is 0 Å². The summed E-state index contributed by atoms with van der Waals surface area (Å²) >= 11 is 1.42. The van der Waals surface area contributed by atoms with Gasteiger partial charge < -0.3 is 19.9 Å². The Labute approximate surface area is 212 Å². The number of nitrogens with one attached hydrogen (secondary N) is 1. The minimum atomic E-state index is -0.407. The Hall–Kier alpha value is -4.16. The van der Waals surface area contributed by atoms with Crippen LogP contribution in [0.3, 0.4) is 0 Å². The Morgan fingerprint density at radius 3 is 2.50 bits per heavy atom. The zero-order valence-corrected chi connectivity index (χ0v) is 21.2. The molecule has 0 aliphatic heterocycles. The molecule has 0 fully saturated rings. The molecule has 0 saturated heterocycles.